The minimum atomic E-state index is -3.59. The molecule has 42 heavy (non-hydrogen) atoms. The SMILES string of the molecule is CN(C[C@@](C)(CCN1CCC(CCCN(Cc2ccccc2)C(=O)[O-])CC1)c1ccccc1)S(=O)(=O)c1ccccc1. The van der Waals surface area contributed by atoms with Gasteiger partial charge in [0, 0.05) is 32.1 Å². The molecular formula is C34H44N3O4S-. The van der Waals surface area contributed by atoms with E-state index in [0.717, 1.165) is 62.9 Å². The van der Waals surface area contributed by atoms with Gasteiger partial charge >= 0.3 is 0 Å². The molecule has 7 nitrogen and oxygen atoms in total. The summed E-state index contributed by atoms with van der Waals surface area (Å²) in [6, 6.07) is 28.5. The van der Waals surface area contributed by atoms with Crippen molar-refractivity contribution < 1.29 is 18.3 Å². The molecule has 1 atom stereocenters. The van der Waals surface area contributed by atoms with Gasteiger partial charge in [-0.15, -0.1) is 0 Å². The van der Waals surface area contributed by atoms with Crippen LogP contribution >= 0.6 is 0 Å². The zero-order valence-electron chi connectivity index (χ0n) is 24.9. The number of carbonyl (C=O) groups excluding carboxylic acids is 1. The first kappa shape index (κ1) is 31.7. The Balaban J connectivity index is 1.28. The molecule has 1 aliphatic rings. The topological polar surface area (TPSA) is 84.0 Å². The molecule has 1 amide bonds. The third-order valence-electron chi connectivity index (χ3n) is 8.70. The lowest BCUT2D eigenvalue weighted by molar-refractivity contribution is -0.266. The highest BCUT2D eigenvalue weighted by Gasteiger charge is 2.33. The van der Waals surface area contributed by atoms with Crippen LogP contribution in [0.15, 0.2) is 95.9 Å². The average molecular weight is 591 g/mol. The first-order valence-corrected chi connectivity index (χ1v) is 16.4. The van der Waals surface area contributed by atoms with Gasteiger partial charge in [0.05, 0.1) is 4.90 Å². The first-order chi connectivity index (χ1) is 20.2. The summed E-state index contributed by atoms with van der Waals surface area (Å²) in [5, 5.41) is 11.7. The van der Waals surface area contributed by atoms with Crippen LogP contribution in [0.1, 0.15) is 50.2 Å². The zero-order chi connectivity index (χ0) is 30.0. The van der Waals surface area contributed by atoms with Crippen LogP contribution in [0, 0.1) is 5.92 Å². The standard InChI is InChI=1S/C34H45N3O4S/c1-34(31-16-8-4-9-17-31,28-35(2)42(40,41)32-18-10-5-11-19-32)22-26-36-24-20-29(21-25-36)15-12-23-37(33(38)39)27-30-13-6-3-7-14-30/h3-11,13-14,16-19,29H,12,15,20-28H2,1-2H3,(H,38,39)/p-1/t34-/m1/s1. The number of hydrogen-bond donors (Lipinski definition) is 0. The lowest BCUT2D eigenvalue weighted by Crippen LogP contribution is -2.43. The third-order valence-corrected chi connectivity index (χ3v) is 10.5. The average Bonchev–Trinajstić information content (AvgIpc) is 3.01. The Kier molecular flexibility index (Phi) is 11.2. The Hall–Kier alpha value is -3.20. The Morgan fingerprint density at radius 3 is 2.10 bits per heavy atom. The maximum absolute atomic E-state index is 13.3. The first-order valence-electron chi connectivity index (χ1n) is 15.0. The van der Waals surface area contributed by atoms with Crippen LogP contribution in [-0.2, 0) is 22.0 Å². The monoisotopic (exact) mass is 590 g/mol. The molecule has 1 aliphatic heterocycles. The molecule has 4 rings (SSSR count). The largest absolute Gasteiger partial charge is 0.530 e. The Bertz CT molecular complexity index is 1350. The summed E-state index contributed by atoms with van der Waals surface area (Å²) in [5.74, 6) is 0.587. The molecule has 226 valence electrons. The molecule has 0 saturated carbocycles. The van der Waals surface area contributed by atoms with Gasteiger partial charge in [-0.05, 0) is 80.9 Å². The highest BCUT2D eigenvalue weighted by Crippen LogP contribution is 2.32. The molecule has 0 N–H and O–H groups in total. The lowest BCUT2D eigenvalue weighted by atomic mass is 9.79. The third kappa shape index (κ3) is 8.66. The van der Waals surface area contributed by atoms with Gasteiger partial charge in [0.1, 0.15) is 6.09 Å². The van der Waals surface area contributed by atoms with Gasteiger partial charge < -0.3 is 19.7 Å². The normalized spacial score (nSPS) is 16.3. The second-order valence-electron chi connectivity index (χ2n) is 11.9. The van der Waals surface area contributed by atoms with Crippen LogP contribution < -0.4 is 5.11 Å². The zero-order valence-corrected chi connectivity index (χ0v) is 25.7. The van der Waals surface area contributed by atoms with E-state index in [9.17, 15) is 18.3 Å². The highest BCUT2D eigenvalue weighted by molar-refractivity contribution is 7.89. The van der Waals surface area contributed by atoms with Crippen molar-refractivity contribution in [1.82, 2.24) is 14.1 Å². The van der Waals surface area contributed by atoms with Crippen LogP contribution in [0.3, 0.4) is 0 Å². The van der Waals surface area contributed by atoms with E-state index in [0.29, 0.717) is 30.4 Å². The number of rotatable bonds is 14. The quantitative estimate of drug-likeness (QED) is 0.264. The summed E-state index contributed by atoms with van der Waals surface area (Å²) in [6.07, 6.45) is 3.76. The number of likely N-dealkylation sites (tertiary alicyclic amines) is 1. The molecule has 8 heteroatoms. The predicted octanol–water partition coefficient (Wildman–Crippen LogP) is 4.99. The van der Waals surface area contributed by atoms with E-state index in [2.05, 4.69) is 24.0 Å². The number of carboxylic acid groups (broad SMARTS) is 1. The van der Waals surface area contributed by atoms with Crippen molar-refractivity contribution in [2.75, 3.05) is 39.8 Å². The van der Waals surface area contributed by atoms with Crippen LogP contribution in [0.2, 0.25) is 0 Å². The van der Waals surface area contributed by atoms with Gasteiger partial charge in [-0.1, -0.05) is 85.8 Å². The smallest absolute Gasteiger partial charge is 0.242 e. The van der Waals surface area contributed by atoms with E-state index in [-0.39, 0.29) is 5.41 Å². The fraction of sp³-hybridized carbons (Fsp3) is 0.441. The second-order valence-corrected chi connectivity index (χ2v) is 13.9. The van der Waals surface area contributed by atoms with Crippen molar-refractivity contribution in [2.24, 2.45) is 5.92 Å². The Morgan fingerprint density at radius 2 is 1.50 bits per heavy atom. The second kappa shape index (κ2) is 14.8. The van der Waals surface area contributed by atoms with E-state index in [4.69, 9.17) is 0 Å². The molecule has 0 bridgehead atoms. The van der Waals surface area contributed by atoms with Gasteiger partial charge in [-0.25, -0.2) is 12.7 Å². The number of likely N-dealkylation sites (N-methyl/N-ethyl adjacent to an activating group) is 1. The number of amides is 1. The Labute approximate surface area is 251 Å². The number of sulfonamides is 1. The predicted molar refractivity (Wildman–Crippen MR) is 165 cm³/mol. The van der Waals surface area contributed by atoms with E-state index in [1.807, 2.05) is 54.6 Å². The number of hydrogen-bond acceptors (Lipinski definition) is 5. The van der Waals surface area contributed by atoms with Crippen molar-refractivity contribution in [1.29, 1.82) is 0 Å². The van der Waals surface area contributed by atoms with Gasteiger partial charge in [0.2, 0.25) is 10.0 Å². The minimum absolute atomic E-state index is 0.313. The summed E-state index contributed by atoms with van der Waals surface area (Å²) in [6.45, 7) is 6.32. The van der Waals surface area contributed by atoms with Crippen LogP contribution in [0.5, 0.6) is 0 Å². The van der Waals surface area contributed by atoms with Crippen LogP contribution in [0.25, 0.3) is 0 Å². The highest BCUT2D eigenvalue weighted by atomic mass is 32.2. The maximum Gasteiger partial charge on any atom is 0.242 e. The number of carbonyl (C=O) groups is 1. The molecular weight excluding hydrogens is 546 g/mol. The molecule has 1 saturated heterocycles. The summed E-state index contributed by atoms with van der Waals surface area (Å²) in [7, 11) is -1.92. The molecule has 3 aromatic rings. The van der Waals surface area contributed by atoms with Gasteiger partial charge in [-0.3, -0.25) is 0 Å². The fourth-order valence-electron chi connectivity index (χ4n) is 6.02. The van der Waals surface area contributed by atoms with E-state index < -0.39 is 16.1 Å². The minimum Gasteiger partial charge on any atom is -0.530 e. The summed E-state index contributed by atoms with van der Waals surface area (Å²) < 4.78 is 28.1. The summed E-state index contributed by atoms with van der Waals surface area (Å²) >= 11 is 0. The number of piperidine rings is 1. The van der Waals surface area contributed by atoms with Crippen molar-refractivity contribution >= 4 is 16.1 Å². The number of benzene rings is 3. The molecule has 3 aromatic carbocycles. The van der Waals surface area contributed by atoms with Gasteiger partial charge in [0.15, 0.2) is 0 Å². The molecule has 0 aliphatic carbocycles. The molecule has 0 aromatic heterocycles. The molecule has 1 fully saturated rings. The molecule has 0 spiro atoms. The van der Waals surface area contributed by atoms with Crippen molar-refractivity contribution in [3.05, 3.63) is 102 Å². The lowest BCUT2D eigenvalue weighted by Gasteiger charge is -2.38. The van der Waals surface area contributed by atoms with E-state index in [1.54, 1.807) is 31.3 Å². The van der Waals surface area contributed by atoms with E-state index >= 15 is 0 Å². The van der Waals surface area contributed by atoms with Crippen molar-refractivity contribution in [2.45, 2.75) is 55.9 Å². The molecule has 1 heterocycles. The number of nitrogens with zero attached hydrogens (tertiary/aromatic N) is 3. The van der Waals surface area contributed by atoms with Crippen molar-refractivity contribution in [3.8, 4) is 0 Å². The molecule has 0 unspecified atom stereocenters. The van der Waals surface area contributed by atoms with Gasteiger partial charge in [0.25, 0.3) is 0 Å². The summed E-state index contributed by atoms with van der Waals surface area (Å²) in [4.78, 5) is 15.9. The van der Waals surface area contributed by atoms with E-state index in [1.165, 1.54) is 9.21 Å². The molecule has 0 radical (unpaired) electrons. The Morgan fingerprint density at radius 1 is 0.929 bits per heavy atom. The summed E-state index contributed by atoms with van der Waals surface area (Å²) in [5.41, 5.74) is 1.77. The van der Waals surface area contributed by atoms with Crippen LogP contribution in [0.4, 0.5) is 4.79 Å². The van der Waals surface area contributed by atoms with Crippen LogP contribution in [-0.4, -0.2) is 68.4 Å². The van der Waals surface area contributed by atoms with Crippen molar-refractivity contribution in [3.63, 3.8) is 0 Å². The van der Waals surface area contributed by atoms with Gasteiger partial charge in [-0.2, -0.15) is 0 Å². The fourth-order valence-corrected chi connectivity index (χ4v) is 7.33. The maximum atomic E-state index is 13.3.